The Kier molecular flexibility index (Phi) is 7.80. The van der Waals surface area contributed by atoms with Gasteiger partial charge < -0.3 is 18.9 Å². The molecule has 0 saturated heterocycles. The van der Waals surface area contributed by atoms with E-state index in [0.29, 0.717) is 40.4 Å². The Morgan fingerprint density at radius 1 is 1.16 bits per heavy atom. The van der Waals surface area contributed by atoms with E-state index in [1.807, 2.05) is 6.92 Å². The van der Waals surface area contributed by atoms with Gasteiger partial charge in [0.25, 0.3) is 5.91 Å². The molecule has 2 rings (SSSR count). The van der Waals surface area contributed by atoms with Crippen LogP contribution in [0.5, 0.6) is 5.75 Å². The zero-order valence-corrected chi connectivity index (χ0v) is 19.0. The first-order valence-corrected chi connectivity index (χ1v) is 10.1. The number of ether oxygens (including phenoxy) is 2. The van der Waals surface area contributed by atoms with E-state index in [4.69, 9.17) is 9.47 Å². The van der Waals surface area contributed by atoms with Crippen molar-refractivity contribution in [3.63, 3.8) is 0 Å². The van der Waals surface area contributed by atoms with Gasteiger partial charge >= 0.3 is 5.97 Å². The summed E-state index contributed by atoms with van der Waals surface area (Å²) in [6.07, 6.45) is 1.59. The van der Waals surface area contributed by atoms with Crippen LogP contribution in [-0.4, -0.2) is 53.9 Å². The first-order chi connectivity index (χ1) is 14.7. The van der Waals surface area contributed by atoms with Crippen molar-refractivity contribution < 1.29 is 23.9 Å². The van der Waals surface area contributed by atoms with E-state index < -0.39 is 12.0 Å². The molecular weight excluding hydrogens is 396 g/mol. The number of methoxy groups -OCH3 is 2. The predicted octanol–water partition coefficient (Wildman–Crippen LogP) is 3.82. The number of Topliss-reactive ketones (excluding diaryl/α,β-unsaturated/α-hetero) is 1. The summed E-state index contributed by atoms with van der Waals surface area (Å²) in [5.74, 6) is -0.386. The van der Waals surface area contributed by atoms with Gasteiger partial charge in [-0.05, 0) is 57.5 Å². The average Bonchev–Trinajstić information content (AvgIpc) is 3.04. The highest BCUT2D eigenvalue weighted by Gasteiger charge is 2.32. The summed E-state index contributed by atoms with van der Waals surface area (Å²) < 4.78 is 11.8. The number of ketones is 1. The number of carbonyl (C=O) groups excluding carboxylic acids is 3. The molecule has 0 spiro atoms. The summed E-state index contributed by atoms with van der Waals surface area (Å²) in [7, 11) is 2.87. The topological polar surface area (TPSA) is 77.8 Å². The molecular formula is C24H30N2O5. The first kappa shape index (κ1) is 23.9. The Hall–Kier alpha value is -3.35. The zero-order chi connectivity index (χ0) is 23.3. The number of nitrogens with zero attached hydrogens (tertiary/aromatic N) is 2. The van der Waals surface area contributed by atoms with E-state index in [0.717, 1.165) is 0 Å². The molecule has 1 aromatic heterocycles. The van der Waals surface area contributed by atoms with Gasteiger partial charge in [-0.3, -0.25) is 9.59 Å². The maximum atomic E-state index is 13.5. The minimum absolute atomic E-state index is 0.203. The Morgan fingerprint density at radius 3 is 2.26 bits per heavy atom. The average molecular weight is 427 g/mol. The van der Waals surface area contributed by atoms with Crippen molar-refractivity contribution in [2.75, 3.05) is 20.8 Å². The van der Waals surface area contributed by atoms with Crippen LogP contribution in [0.3, 0.4) is 0 Å². The second-order valence-electron chi connectivity index (χ2n) is 7.18. The lowest BCUT2D eigenvalue weighted by atomic mass is 9.99. The quantitative estimate of drug-likeness (QED) is 0.346. The maximum absolute atomic E-state index is 13.5. The third-order valence-corrected chi connectivity index (χ3v) is 5.48. The Labute approximate surface area is 183 Å². The van der Waals surface area contributed by atoms with Crippen LogP contribution in [0.2, 0.25) is 0 Å². The van der Waals surface area contributed by atoms with Crippen LogP contribution < -0.4 is 4.74 Å². The predicted molar refractivity (Wildman–Crippen MR) is 119 cm³/mol. The first-order valence-electron chi connectivity index (χ1n) is 10.1. The Bertz CT molecular complexity index is 988. The van der Waals surface area contributed by atoms with Crippen molar-refractivity contribution in [3.05, 3.63) is 65.0 Å². The number of rotatable bonds is 9. The van der Waals surface area contributed by atoms with Crippen LogP contribution in [0.15, 0.2) is 36.9 Å². The van der Waals surface area contributed by atoms with Gasteiger partial charge in [0.15, 0.2) is 5.78 Å². The molecule has 1 amide bonds. The molecule has 1 aromatic carbocycles. The van der Waals surface area contributed by atoms with E-state index in [2.05, 4.69) is 6.58 Å². The van der Waals surface area contributed by atoms with Crippen molar-refractivity contribution in [1.82, 2.24) is 9.47 Å². The van der Waals surface area contributed by atoms with E-state index in [-0.39, 0.29) is 18.2 Å². The highest BCUT2D eigenvalue weighted by molar-refractivity contribution is 6.07. The van der Waals surface area contributed by atoms with Crippen LogP contribution in [0.4, 0.5) is 0 Å². The SMILES string of the molecule is C=CCN(C(=O)c1ccc(OC)cc1)[C@H](C)C(=O)c1c(C)c(C(=O)OC)n(CC)c1C. The molecule has 7 heteroatoms. The normalized spacial score (nSPS) is 11.5. The number of amides is 1. The Morgan fingerprint density at radius 2 is 1.77 bits per heavy atom. The van der Waals surface area contributed by atoms with Gasteiger partial charge in [0, 0.05) is 29.9 Å². The molecule has 0 aliphatic carbocycles. The third kappa shape index (κ3) is 4.55. The lowest BCUT2D eigenvalue weighted by Gasteiger charge is -2.27. The van der Waals surface area contributed by atoms with Crippen LogP contribution >= 0.6 is 0 Å². The fourth-order valence-corrected chi connectivity index (χ4v) is 3.82. The second kappa shape index (κ2) is 10.1. The lowest BCUT2D eigenvalue weighted by Crippen LogP contribution is -2.43. The van der Waals surface area contributed by atoms with Gasteiger partial charge in [-0.25, -0.2) is 4.79 Å². The molecule has 0 bridgehead atoms. The van der Waals surface area contributed by atoms with Crippen molar-refractivity contribution in [3.8, 4) is 5.75 Å². The molecule has 1 heterocycles. The molecule has 0 N–H and O–H groups in total. The summed E-state index contributed by atoms with van der Waals surface area (Å²) in [6.45, 7) is 11.6. The fourth-order valence-electron chi connectivity index (χ4n) is 3.82. The fraction of sp³-hybridized carbons (Fsp3) is 0.375. The standard InChI is InChI=1S/C24H30N2O5/c1-8-14-26(23(28)18-10-12-19(30-6)13-11-18)17(5)22(27)20-15(3)21(24(29)31-7)25(9-2)16(20)4/h8,10-13,17H,1,9,14H2,2-7H3/t17-/m1/s1. The number of aromatic nitrogens is 1. The maximum Gasteiger partial charge on any atom is 0.354 e. The summed E-state index contributed by atoms with van der Waals surface area (Å²) in [5, 5.41) is 0. The summed E-state index contributed by atoms with van der Waals surface area (Å²) in [5.41, 5.74) is 2.46. The van der Waals surface area contributed by atoms with Gasteiger partial charge in [0.05, 0.1) is 20.3 Å². The molecule has 0 unspecified atom stereocenters. The number of benzene rings is 1. The minimum atomic E-state index is -0.761. The van der Waals surface area contributed by atoms with Crippen LogP contribution in [0.25, 0.3) is 0 Å². The highest BCUT2D eigenvalue weighted by atomic mass is 16.5. The van der Waals surface area contributed by atoms with E-state index in [1.165, 1.54) is 12.0 Å². The van der Waals surface area contributed by atoms with Crippen molar-refractivity contribution in [2.24, 2.45) is 0 Å². The number of esters is 1. The second-order valence-corrected chi connectivity index (χ2v) is 7.18. The molecule has 0 aliphatic heterocycles. The van der Waals surface area contributed by atoms with Crippen LogP contribution in [0.1, 0.15) is 56.3 Å². The molecule has 0 aliphatic rings. The number of hydrogen-bond acceptors (Lipinski definition) is 5. The van der Waals surface area contributed by atoms with Crippen molar-refractivity contribution in [1.29, 1.82) is 0 Å². The van der Waals surface area contributed by atoms with E-state index in [9.17, 15) is 14.4 Å². The molecule has 31 heavy (non-hydrogen) atoms. The zero-order valence-electron chi connectivity index (χ0n) is 19.0. The van der Waals surface area contributed by atoms with Gasteiger partial charge in [0.1, 0.15) is 11.4 Å². The molecule has 2 aromatic rings. The summed E-state index contributed by atoms with van der Waals surface area (Å²) >= 11 is 0. The van der Waals surface area contributed by atoms with Gasteiger partial charge in [-0.15, -0.1) is 6.58 Å². The van der Waals surface area contributed by atoms with Crippen molar-refractivity contribution >= 4 is 17.7 Å². The molecule has 1 atom stereocenters. The highest BCUT2D eigenvalue weighted by Crippen LogP contribution is 2.26. The summed E-state index contributed by atoms with van der Waals surface area (Å²) in [4.78, 5) is 40.5. The largest absolute Gasteiger partial charge is 0.497 e. The summed E-state index contributed by atoms with van der Waals surface area (Å²) in [6, 6.07) is 5.96. The van der Waals surface area contributed by atoms with E-state index >= 15 is 0 Å². The smallest absolute Gasteiger partial charge is 0.354 e. The molecule has 0 fully saturated rings. The number of hydrogen-bond donors (Lipinski definition) is 0. The van der Waals surface area contributed by atoms with Crippen molar-refractivity contribution in [2.45, 2.75) is 40.3 Å². The molecule has 0 radical (unpaired) electrons. The number of carbonyl (C=O) groups is 3. The van der Waals surface area contributed by atoms with Gasteiger partial charge in [-0.1, -0.05) is 6.08 Å². The van der Waals surface area contributed by atoms with E-state index in [1.54, 1.807) is 62.8 Å². The molecule has 0 saturated carbocycles. The molecule has 166 valence electrons. The monoisotopic (exact) mass is 426 g/mol. The molecule has 7 nitrogen and oxygen atoms in total. The third-order valence-electron chi connectivity index (χ3n) is 5.48. The lowest BCUT2D eigenvalue weighted by molar-refractivity contribution is 0.0587. The van der Waals surface area contributed by atoms with Crippen LogP contribution in [0, 0.1) is 13.8 Å². The van der Waals surface area contributed by atoms with Gasteiger partial charge in [-0.2, -0.15) is 0 Å². The minimum Gasteiger partial charge on any atom is -0.497 e. The van der Waals surface area contributed by atoms with Crippen LogP contribution in [-0.2, 0) is 11.3 Å². The Balaban J connectivity index is 2.46. The van der Waals surface area contributed by atoms with Gasteiger partial charge in [0.2, 0.25) is 0 Å².